The predicted molar refractivity (Wildman–Crippen MR) is 109 cm³/mol. The number of amides is 1. The highest BCUT2D eigenvalue weighted by Crippen LogP contribution is 2.34. The van der Waals surface area contributed by atoms with Gasteiger partial charge in [0.25, 0.3) is 0 Å². The van der Waals surface area contributed by atoms with E-state index in [0.29, 0.717) is 6.61 Å². The monoisotopic (exact) mass is 363 g/mol. The molecule has 3 aromatic rings. The SMILES string of the molecule is CCC(COC)n1cnc(-c2ccccc2)c1-c1ccc(NC(C)=O)cc1. The Kier molecular flexibility index (Phi) is 6.04. The van der Waals surface area contributed by atoms with Crippen molar-refractivity contribution in [2.45, 2.75) is 26.3 Å². The molecule has 5 heteroatoms. The first-order valence-corrected chi connectivity index (χ1v) is 9.13. The quantitative estimate of drug-likeness (QED) is 0.658. The first-order valence-electron chi connectivity index (χ1n) is 9.13. The van der Waals surface area contributed by atoms with Crippen molar-refractivity contribution in [2.75, 3.05) is 19.0 Å². The van der Waals surface area contributed by atoms with Gasteiger partial charge in [-0.1, -0.05) is 49.4 Å². The van der Waals surface area contributed by atoms with Crippen LogP contribution < -0.4 is 5.32 Å². The van der Waals surface area contributed by atoms with Gasteiger partial charge in [0.2, 0.25) is 5.91 Å². The molecule has 0 saturated heterocycles. The molecule has 1 amide bonds. The molecule has 27 heavy (non-hydrogen) atoms. The molecule has 2 aromatic carbocycles. The van der Waals surface area contributed by atoms with Crippen molar-refractivity contribution in [3.63, 3.8) is 0 Å². The molecule has 0 fully saturated rings. The number of hydrogen-bond acceptors (Lipinski definition) is 3. The van der Waals surface area contributed by atoms with Gasteiger partial charge in [-0.05, 0) is 18.6 Å². The van der Waals surface area contributed by atoms with Gasteiger partial charge in [-0.15, -0.1) is 0 Å². The molecule has 3 rings (SSSR count). The molecule has 1 atom stereocenters. The number of ether oxygens (including phenoxy) is 1. The normalized spacial score (nSPS) is 12.0. The molecule has 0 aliphatic carbocycles. The Morgan fingerprint density at radius 1 is 1.11 bits per heavy atom. The lowest BCUT2D eigenvalue weighted by Crippen LogP contribution is -2.14. The summed E-state index contributed by atoms with van der Waals surface area (Å²) < 4.78 is 7.62. The predicted octanol–water partition coefficient (Wildman–Crippen LogP) is 4.77. The van der Waals surface area contributed by atoms with Crippen LogP contribution in [0.25, 0.3) is 22.5 Å². The Bertz CT molecular complexity index is 886. The number of nitrogens with one attached hydrogen (secondary N) is 1. The van der Waals surface area contributed by atoms with Crippen LogP contribution in [0.3, 0.4) is 0 Å². The maximum Gasteiger partial charge on any atom is 0.221 e. The third-order valence-corrected chi connectivity index (χ3v) is 4.54. The number of carbonyl (C=O) groups is 1. The average molecular weight is 363 g/mol. The highest BCUT2D eigenvalue weighted by Gasteiger charge is 2.19. The van der Waals surface area contributed by atoms with Gasteiger partial charge in [0, 0.05) is 30.8 Å². The Hall–Kier alpha value is -2.92. The minimum Gasteiger partial charge on any atom is -0.383 e. The second kappa shape index (κ2) is 8.64. The first-order chi connectivity index (χ1) is 13.1. The molecule has 1 aromatic heterocycles. The molecule has 0 spiro atoms. The van der Waals surface area contributed by atoms with Gasteiger partial charge in [-0.25, -0.2) is 4.98 Å². The smallest absolute Gasteiger partial charge is 0.221 e. The molecular weight excluding hydrogens is 338 g/mol. The summed E-state index contributed by atoms with van der Waals surface area (Å²) in [5.74, 6) is -0.0797. The second-order valence-corrected chi connectivity index (χ2v) is 6.49. The summed E-state index contributed by atoms with van der Waals surface area (Å²) >= 11 is 0. The van der Waals surface area contributed by atoms with E-state index in [1.807, 2.05) is 48.8 Å². The van der Waals surface area contributed by atoms with Crippen LogP contribution in [0.1, 0.15) is 26.3 Å². The molecule has 0 aliphatic heterocycles. The summed E-state index contributed by atoms with van der Waals surface area (Å²) in [5, 5.41) is 2.81. The standard InChI is InChI=1S/C22H25N3O2/c1-4-20(14-27-3)25-15-23-21(17-8-6-5-7-9-17)22(25)18-10-12-19(13-11-18)24-16(2)26/h5-13,15,20H,4,14H2,1-3H3,(H,24,26). The van der Waals surface area contributed by atoms with Gasteiger partial charge in [0.05, 0.1) is 30.4 Å². The number of nitrogens with zero attached hydrogens (tertiary/aromatic N) is 2. The number of aromatic nitrogens is 2. The fourth-order valence-corrected chi connectivity index (χ4v) is 3.23. The number of carbonyl (C=O) groups excluding carboxylic acids is 1. The molecule has 5 nitrogen and oxygen atoms in total. The van der Waals surface area contributed by atoms with Crippen LogP contribution in [-0.4, -0.2) is 29.2 Å². The number of methoxy groups -OCH3 is 1. The van der Waals surface area contributed by atoms with Crippen LogP contribution in [0, 0.1) is 0 Å². The summed E-state index contributed by atoms with van der Waals surface area (Å²) in [6.07, 6.45) is 2.84. The van der Waals surface area contributed by atoms with Crippen molar-refractivity contribution in [1.29, 1.82) is 0 Å². The zero-order valence-corrected chi connectivity index (χ0v) is 16.0. The Morgan fingerprint density at radius 2 is 1.81 bits per heavy atom. The van der Waals surface area contributed by atoms with Crippen molar-refractivity contribution < 1.29 is 9.53 Å². The van der Waals surface area contributed by atoms with E-state index in [1.165, 1.54) is 6.92 Å². The molecule has 1 heterocycles. The lowest BCUT2D eigenvalue weighted by molar-refractivity contribution is -0.114. The Morgan fingerprint density at radius 3 is 2.41 bits per heavy atom. The highest BCUT2D eigenvalue weighted by atomic mass is 16.5. The van der Waals surface area contributed by atoms with Crippen LogP contribution >= 0.6 is 0 Å². The summed E-state index contributed by atoms with van der Waals surface area (Å²) in [6, 6.07) is 18.2. The van der Waals surface area contributed by atoms with E-state index in [2.05, 4.69) is 28.9 Å². The first kappa shape index (κ1) is 18.9. The van der Waals surface area contributed by atoms with Crippen molar-refractivity contribution in [3.05, 3.63) is 60.9 Å². The summed E-state index contributed by atoms with van der Waals surface area (Å²) in [6.45, 7) is 4.28. The zero-order valence-electron chi connectivity index (χ0n) is 16.0. The van der Waals surface area contributed by atoms with E-state index in [9.17, 15) is 4.79 Å². The van der Waals surface area contributed by atoms with Gasteiger partial charge >= 0.3 is 0 Å². The highest BCUT2D eigenvalue weighted by molar-refractivity contribution is 5.89. The van der Waals surface area contributed by atoms with Crippen LogP contribution in [0.15, 0.2) is 60.9 Å². The minimum atomic E-state index is -0.0797. The molecule has 0 radical (unpaired) electrons. The maximum absolute atomic E-state index is 11.3. The number of benzene rings is 2. The fraction of sp³-hybridized carbons (Fsp3) is 0.273. The van der Waals surface area contributed by atoms with Gasteiger partial charge in [0.1, 0.15) is 0 Å². The van der Waals surface area contributed by atoms with Gasteiger partial charge in [-0.2, -0.15) is 0 Å². The molecule has 0 saturated carbocycles. The maximum atomic E-state index is 11.3. The summed E-state index contributed by atoms with van der Waals surface area (Å²) in [7, 11) is 1.72. The van der Waals surface area contributed by atoms with E-state index in [4.69, 9.17) is 9.72 Å². The molecule has 140 valence electrons. The van der Waals surface area contributed by atoms with Crippen molar-refractivity contribution in [2.24, 2.45) is 0 Å². The number of rotatable bonds is 7. The number of imidazole rings is 1. The Labute approximate surface area is 160 Å². The van der Waals surface area contributed by atoms with Crippen molar-refractivity contribution in [3.8, 4) is 22.5 Å². The summed E-state index contributed by atoms with van der Waals surface area (Å²) in [4.78, 5) is 16.0. The van der Waals surface area contributed by atoms with E-state index >= 15 is 0 Å². The van der Waals surface area contributed by atoms with Crippen molar-refractivity contribution >= 4 is 11.6 Å². The lowest BCUT2D eigenvalue weighted by atomic mass is 10.0. The molecule has 1 unspecified atom stereocenters. The number of anilines is 1. The van der Waals surface area contributed by atoms with Gasteiger partial charge in [-0.3, -0.25) is 4.79 Å². The van der Waals surface area contributed by atoms with E-state index in [0.717, 1.165) is 34.6 Å². The van der Waals surface area contributed by atoms with Gasteiger partial charge < -0.3 is 14.6 Å². The molecular formula is C22H25N3O2. The molecule has 1 N–H and O–H groups in total. The van der Waals surface area contributed by atoms with Crippen molar-refractivity contribution in [1.82, 2.24) is 9.55 Å². The zero-order chi connectivity index (χ0) is 19.2. The third-order valence-electron chi connectivity index (χ3n) is 4.54. The molecule has 0 bridgehead atoms. The fourth-order valence-electron chi connectivity index (χ4n) is 3.23. The van der Waals surface area contributed by atoms with E-state index in [-0.39, 0.29) is 11.9 Å². The third kappa shape index (κ3) is 4.26. The van der Waals surface area contributed by atoms with Gasteiger partial charge in [0.15, 0.2) is 0 Å². The van der Waals surface area contributed by atoms with Crippen LogP contribution in [0.5, 0.6) is 0 Å². The topological polar surface area (TPSA) is 56.1 Å². The van der Waals surface area contributed by atoms with E-state index < -0.39 is 0 Å². The van der Waals surface area contributed by atoms with E-state index in [1.54, 1.807) is 7.11 Å². The number of hydrogen-bond donors (Lipinski definition) is 1. The van der Waals surface area contributed by atoms with Crippen LogP contribution in [-0.2, 0) is 9.53 Å². The largest absolute Gasteiger partial charge is 0.383 e. The minimum absolute atomic E-state index is 0.0797. The average Bonchev–Trinajstić information content (AvgIpc) is 3.12. The van der Waals surface area contributed by atoms with Crippen LogP contribution in [0.4, 0.5) is 5.69 Å². The Balaban J connectivity index is 2.10. The lowest BCUT2D eigenvalue weighted by Gasteiger charge is -2.20. The molecule has 0 aliphatic rings. The second-order valence-electron chi connectivity index (χ2n) is 6.49. The summed E-state index contributed by atoms with van der Waals surface area (Å²) in [5.41, 5.74) is 4.90. The van der Waals surface area contributed by atoms with Crippen LogP contribution in [0.2, 0.25) is 0 Å².